The van der Waals surface area contributed by atoms with Crippen molar-refractivity contribution in [1.82, 2.24) is 4.98 Å². The van der Waals surface area contributed by atoms with E-state index in [2.05, 4.69) is 4.98 Å². The van der Waals surface area contributed by atoms with E-state index in [1.807, 2.05) is 30.3 Å². The summed E-state index contributed by atoms with van der Waals surface area (Å²) in [5.41, 5.74) is 1.20. The highest BCUT2D eigenvalue weighted by Gasteiger charge is 1.97. The Kier molecular flexibility index (Phi) is 4.13. The molecule has 0 atom stereocenters. The van der Waals surface area contributed by atoms with Gasteiger partial charge < -0.3 is 5.11 Å². The SMILES string of the molecule is Oc1ccc(CSSc2ccccn2)cc1. The lowest BCUT2D eigenvalue weighted by atomic mass is 10.2. The van der Waals surface area contributed by atoms with E-state index in [-0.39, 0.29) is 0 Å². The monoisotopic (exact) mass is 249 g/mol. The number of phenolic OH excluding ortho intramolecular Hbond substituents is 1. The van der Waals surface area contributed by atoms with Gasteiger partial charge in [0.1, 0.15) is 10.8 Å². The fourth-order valence-electron chi connectivity index (χ4n) is 1.15. The van der Waals surface area contributed by atoms with Crippen LogP contribution in [0.2, 0.25) is 0 Å². The van der Waals surface area contributed by atoms with Crippen molar-refractivity contribution in [2.45, 2.75) is 10.8 Å². The molecule has 82 valence electrons. The second-order valence-electron chi connectivity index (χ2n) is 3.18. The van der Waals surface area contributed by atoms with Gasteiger partial charge in [0, 0.05) is 11.9 Å². The summed E-state index contributed by atoms with van der Waals surface area (Å²) in [6.45, 7) is 0. The van der Waals surface area contributed by atoms with Gasteiger partial charge in [-0.05, 0) is 40.6 Å². The molecule has 0 saturated carbocycles. The number of rotatable bonds is 4. The molecule has 2 nitrogen and oxygen atoms in total. The molecule has 1 N–H and O–H groups in total. The van der Waals surface area contributed by atoms with Gasteiger partial charge in [0.05, 0.1) is 0 Å². The Labute approximate surface area is 103 Å². The molecule has 16 heavy (non-hydrogen) atoms. The first-order valence-corrected chi connectivity index (χ1v) is 7.15. The third-order valence-corrected chi connectivity index (χ3v) is 4.14. The second kappa shape index (κ2) is 5.82. The molecule has 0 saturated heterocycles. The van der Waals surface area contributed by atoms with E-state index < -0.39 is 0 Å². The Hall–Kier alpha value is -1.13. The highest BCUT2D eigenvalue weighted by Crippen LogP contribution is 2.32. The number of aromatic nitrogens is 1. The lowest BCUT2D eigenvalue weighted by Gasteiger charge is -2.01. The number of aromatic hydroxyl groups is 1. The van der Waals surface area contributed by atoms with Gasteiger partial charge in [0.25, 0.3) is 0 Å². The summed E-state index contributed by atoms with van der Waals surface area (Å²) in [6.07, 6.45) is 1.80. The van der Waals surface area contributed by atoms with E-state index in [4.69, 9.17) is 5.11 Å². The van der Waals surface area contributed by atoms with Crippen LogP contribution in [0.25, 0.3) is 0 Å². The zero-order valence-corrected chi connectivity index (χ0v) is 10.2. The summed E-state index contributed by atoms with van der Waals surface area (Å²) in [5, 5.41) is 10.2. The lowest BCUT2D eigenvalue weighted by Crippen LogP contribution is -1.78. The largest absolute Gasteiger partial charge is 0.508 e. The molecule has 0 radical (unpaired) electrons. The van der Waals surface area contributed by atoms with E-state index in [9.17, 15) is 0 Å². The van der Waals surface area contributed by atoms with Gasteiger partial charge in [0.2, 0.25) is 0 Å². The van der Waals surface area contributed by atoms with E-state index in [0.29, 0.717) is 5.75 Å². The number of hydrogen-bond donors (Lipinski definition) is 1. The molecule has 0 unspecified atom stereocenters. The number of nitrogens with zero attached hydrogens (tertiary/aromatic N) is 1. The molecule has 0 bridgehead atoms. The number of phenols is 1. The second-order valence-corrected chi connectivity index (χ2v) is 5.50. The fraction of sp³-hybridized carbons (Fsp3) is 0.0833. The molecule has 0 aliphatic heterocycles. The van der Waals surface area contributed by atoms with Crippen LogP contribution < -0.4 is 0 Å². The van der Waals surface area contributed by atoms with Crippen molar-refractivity contribution in [2.75, 3.05) is 0 Å². The Morgan fingerprint density at radius 1 is 1.06 bits per heavy atom. The average molecular weight is 249 g/mol. The van der Waals surface area contributed by atoms with Crippen LogP contribution in [-0.4, -0.2) is 10.1 Å². The molecule has 1 aromatic carbocycles. The summed E-state index contributed by atoms with van der Waals surface area (Å²) in [5.74, 6) is 1.22. The third-order valence-electron chi connectivity index (χ3n) is 1.94. The zero-order valence-electron chi connectivity index (χ0n) is 8.54. The van der Waals surface area contributed by atoms with Gasteiger partial charge in [-0.3, -0.25) is 0 Å². The van der Waals surface area contributed by atoms with E-state index in [0.717, 1.165) is 10.8 Å². The Bertz CT molecular complexity index is 431. The minimum absolute atomic E-state index is 0.311. The van der Waals surface area contributed by atoms with Gasteiger partial charge in [-0.2, -0.15) is 0 Å². The van der Waals surface area contributed by atoms with Crippen molar-refractivity contribution in [3.63, 3.8) is 0 Å². The molecule has 1 heterocycles. The number of benzene rings is 1. The van der Waals surface area contributed by atoms with Crippen LogP contribution >= 0.6 is 21.6 Å². The normalized spacial score (nSPS) is 10.2. The minimum atomic E-state index is 0.311. The molecule has 0 aliphatic carbocycles. The molecule has 2 aromatic rings. The fourth-order valence-corrected chi connectivity index (χ4v) is 3.14. The first-order valence-electron chi connectivity index (χ1n) is 4.83. The van der Waals surface area contributed by atoms with Crippen LogP contribution in [-0.2, 0) is 5.75 Å². The van der Waals surface area contributed by atoms with Crippen molar-refractivity contribution in [3.05, 3.63) is 54.2 Å². The molecule has 0 amide bonds. The first kappa shape index (κ1) is 11.4. The van der Waals surface area contributed by atoms with Gasteiger partial charge in [-0.15, -0.1) is 0 Å². The van der Waals surface area contributed by atoms with Crippen LogP contribution in [0.4, 0.5) is 0 Å². The average Bonchev–Trinajstić information content (AvgIpc) is 2.33. The Morgan fingerprint density at radius 3 is 2.56 bits per heavy atom. The zero-order chi connectivity index (χ0) is 11.2. The third kappa shape index (κ3) is 3.47. The molecule has 4 heteroatoms. The number of pyridine rings is 1. The minimum Gasteiger partial charge on any atom is -0.508 e. The highest BCUT2D eigenvalue weighted by atomic mass is 33.1. The van der Waals surface area contributed by atoms with E-state index in [1.165, 1.54) is 5.56 Å². The lowest BCUT2D eigenvalue weighted by molar-refractivity contribution is 0.475. The highest BCUT2D eigenvalue weighted by molar-refractivity contribution is 8.76. The first-order chi connectivity index (χ1) is 7.84. The van der Waals surface area contributed by atoms with Crippen molar-refractivity contribution in [3.8, 4) is 5.75 Å². The van der Waals surface area contributed by atoms with Crippen LogP contribution in [0.1, 0.15) is 5.56 Å². The summed E-state index contributed by atoms with van der Waals surface area (Å²) in [4.78, 5) is 4.23. The van der Waals surface area contributed by atoms with Crippen molar-refractivity contribution in [1.29, 1.82) is 0 Å². The molecule has 2 rings (SSSR count). The van der Waals surface area contributed by atoms with Crippen molar-refractivity contribution >= 4 is 21.6 Å². The van der Waals surface area contributed by atoms with Crippen LogP contribution in [0.5, 0.6) is 5.75 Å². The summed E-state index contributed by atoms with van der Waals surface area (Å²) < 4.78 is 0. The standard InChI is InChI=1S/C12H11NOS2/c14-11-6-4-10(5-7-11)9-15-16-12-3-1-2-8-13-12/h1-8,14H,9H2. The summed E-state index contributed by atoms with van der Waals surface area (Å²) in [7, 11) is 3.40. The predicted octanol–water partition coefficient (Wildman–Crippen LogP) is 3.73. The Morgan fingerprint density at radius 2 is 1.88 bits per heavy atom. The van der Waals surface area contributed by atoms with Crippen LogP contribution in [0.3, 0.4) is 0 Å². The number of hydrogen-bond acceptors (Lipinski definition) is 4. The quantitative estimate of drug-likeness (QED) is 0.837. The maximum absolute atomic E-state index is 9.14. The molecule has 0 aliphatic rings. The molecule has 0 spiro atoms. The maximum Gasteiger partial charge on any atom is 0.115 e. The van der Waals surface area contributed by atoms with Crippen molar-refractivity contribution < 1.29 is 5.11 Å². The molecular formula is C12H11NOS2. The van der Waals surface area contributed by atoms with Crippen LogP contribution in [0.15, 0.2) is 53.7 Å². The smallest absolute Gasteiger partial charge is 0.115 e. The molecule has 1 aromatic heterocycles. The molecular weight excluding hydrogens is 238 g/mol. The van der Waals surface area contributed by atoms with Gasteiger partial charge >= 0.3 is 0 Å². The Balaban J connectivity index is 1.82. The van der Waals surface area contributed by atoms with E-state index >= 15 is 0 Å². The van der Waals surface area contributed by atoms with Gasteiger partial charge in [-0.1, -0.05) is 29.0 Å². The van der Waals surface area contributed by atoms with Gasteiger partial charge in [0.15, 0.2) is 0 Å². The summed E-state index contributed by atoms with van der Waals surface area (Å²) in [6, 6.07) is 13.2. The maximum atomic E-state index is 9.14. The topological polar surface area (TPSA) is 33.1 Å². The van der Waals surface area contributed by atoms with Crippen molar-refractivity contribution in [2.24, 2.45) is 0 Å². The molecule has 0 fully saturated rings. The summed E-state index contributed by atoms with van der Waals surface area (Å²) >= 11 is 0. The van der Waals surface area contributed by atoms with E-state index in [1.54, 1.807) is 39.9 Å². The predicted molar refractivity (Wildman–Crippen MR) is 69.5 cm³/mol. The van der Waals surface area contributed by atoms with Gasteiger partial charge in [-0.25, -0.2) is 4.98 Å². The van der Waals surface area contributed by atoms with Crippen LogP contribution in [0, 0.1) is 0 Å².